The Labute approximate surface area is 104 Å². The molecule has 1 aromatic rings. The zero-order valence-electron chi connectivity index (χ0n) is 9.30. The van der Waals surface area contributed by atoms with E-state index in [1.807, 2.05) is 6.92 Å². The molecule has 0 bridgehead atoms. The zero-order valence-corrected chi connectivity index (χ0v) is 11.7. The molecule has 0 unspecified atom stereocenters. The van der Waals surface area contributed by atoms with Crippen LogP contribution < -0.4 is 5.32 Å². The molecule has 0 aliphatic rings. The van der Waals surface area contributed by atoms with Crippen LogP contribution >= 0.6 is 27.7 Å². The van der Waals surface area contributed by atoms with Crippen molar-refractivity contribution in [1.29, 1.82) is 0 Å². The summed E-state index contributed by atoms with van der Waals surface area (Å²) in [5.74, 6) is 2.66. The molecule has 5 heteroatoms. The van der Waals surface area contributed by atoms with Crippen molar-refractivity contribution in [2.45, 2.75) is 26.0 Å². The molecule has 0 spiro atoms. The van der Waals surface area contributed by atoms with Crippen LogP contribution in [0.25, 0.3) is 0 Å². The maximum atomic E-state index is 4.47. The van der Waals surface area contributed by atoms with Gasteiger partial charge >= 0.3 is 0 Å². The molecule has 0 fully saturated rings. The molecule has 0 amide bonds. The highest BCUT2D eigenvalue weighted by Gasteiger charge is 2.08. The van der Waals surface area contributed by atoms with Crippen LogP contribution in [0.4, 0.5) is 5.82 Å². The van der Waals surface area contributed by atoms with Crippen LogP contribution in [0.15, 0.2) is 4.47 Å². The van der Waals surface area contributed by atoms with Crippen LogP contribution in [0.3, 0.4) is 0 Å². The third-order valence-corrected chi connectivity index (χ3v) is 3.38. The highest BCUT2D eigenvalue weighted by Crippen LogP contribution is 2.23. The van der Waals surface area contributed by atoms with Gasteiger partial charge in [0.25, 0.3) is 0 Å². The molecule has 0 saturated heterocycles. The van der Waals surface area contributed by atoms with Crippen molar-refractivity contribution in [3.05, 3.63) is 16.0 Å². The summed E-state index contributed by atoms with van der Waals surface area (Å²) in [6.07, 6.45) is 3.15. The summed E-state index contributed by atoms with van der Waals surface area (Å²) in [4.78, 5) is 8.88. The Hall–Kier alpha value is -0.290. The number of nitrogens with one attached hydrogen (secondary N) is 1. The third kappa shape index (κ3) is 3.65. The van der Waals surface area contributed by atoms with E-state index in [1.165, 1.54) is 0 Å². The lowest BCUT2D eigenvalue weighted by Crippen LogP contribution is -2.07. The van der Waals surface area contributed by atoms with E-state index in [2.05, 4.69) is 44.4 Å². The second-order valence-corrected chi connectivity index (χ2v) is 4.91. The van der Waals surface area contributed by atoms with E-state index in [9.17, 15) is 0 Å². The van der Waals surface area contributed by atoms with Gasteiger partial charge in [0, 0.05) is 6.54 Å². The average molecular weight is 290 g/mol. The van der Waals surface area contributed by atoms with E-state index >= 15 is 0 Å². The largest absolute Gasteiger partial charge is 0.369 e. The molecule has 1 N–H and O–H groups in total. The summed E-state index contributed by atoms with van der Waals surface area (Å²) in [5, 5.41) is 3.29. The number of halogens is 1. The predicted molar refractivity (Wildman–Crippen MR) is 70.5 cm³/mol. The lowest BCUT2D eigenvalue weighted by atomic mass is 10.4. The van der Waals surface area contributed by atoms with Gasteiger partial charge in [-0.2, -0.15) is 11.8 Å². The SMILES string of the molecule is CCCNc1nc(CSC)nc(C)c1Br. The first-order chi connectivity index (χ1) is 7.19. The normalized spacial score (nSPS) is 10.4. The quantitative estimate of drug-likeness (QED) is 0.903. The molecular weight excluding hydrogens is 274 g/mol. The number of hydrogen-bond acceptors (Lipinski definition) is 4. The Morgan fingerprint density at radius 3 is 2.73 bits per heavy atom. The van der Waals surface area contributed by atoms with Crippen LogP contribution in [0, 0.1) is 6.92 Å². The summed E-state index contributed by atoms with van der Waals surface area (Å²) in [5.41, 5.74) is 0.993. The van der Waals surface area contributed by atoms with Crippen molar-refractivity contribution < 1.29 is 0 Å². The summed E-state index contributed by atoms with van der Waals surface area (Å²) in [6.45, 7) is 5.07. The van der Waals surface area contributed by atoms with Gasteiger partial charge in [0.05, 0.1) is 15.9 Å². The second kappa shape index (κ2) is 6.33. The van der Waals surface area contributed by atoms with Crippen molar-refractivity contribution in [1.82, 2.24) is 9.97 Å². The molecule has 0 atom stereocenters. The Balaban J connectivity index is 2.91. The maximum absolute atomic E-state index is 4.47. The summed E-state index contributed by atoms with van der Waals surface area (Å²) >= 11 is 5.24. The molecule has 1 heterocycles. The molecule has 1 aromatic heterocycles. The summed E-state index contributed by atoms with van der Waals surface area (Å²) in [7, 11) is 0. The first-order valence-corrected chi connectivity index (χ1v) is 7.13. The minimum absolute atomic E-state index is 0.856. The smallest absolute Gasteiger partial charge is 0.144 e. The molecule has 0 aliphatic carbocycles. The Kier molecular flexibility index (Phi) is 5.39. The van der Waals surface area contributed by atoms with Crippen molar-refractivity contribution in [2.75, 3.05) is 18.1 Å². The Morgan fingerprint density at radius 1 is 1.40 bits per heavy atom. The van der Waals surface area contributed by atoms with E-state index in [0.29, 0.717) is 0 Å². The highest BCUT2D eigenvalue weighted by atomic mass is 79.9. The zero-order chi connectivity index (χ0) is 11.3. The number of thioether (sulfide) groups is 1. The lowest BCUT2D eigenvalue weighted by molar-refractivity contribution is 0.934. The van der Waals surface area contributed by atoms with Crippen LogP contribution in [0.2, 0.25) is 0 Å². The van der Waals surface area contributed by atoms with Gasteiger partial charge in [0.15, 0.2) is 0 Å². The topological polar surface area (TPSA) is 37.8 Å². The number of aryl methyl sites for hydroxylation is 1. The van der Waals surface area contributed by atoms with Crippen LogP contribution in [0.1, 0.15) is 24.9 Å². The van der Waals surface area contributed by atoms with Crippen molar-refractivity contribution in [2.24, 2.45) is 0 Å². The summed E-state index contributed by atoms with van der Waals surface area (Å²) < 4.78 is 0.973. The van der Waals surface area contributed by atoms with Crippen molar-refractivity contribution >= 4 is 33.5 Å². The van der Waals surface area contributed by atoms with Crippen LogP contribution in [-0.4, -0.2) is 22.8 Å². The summed E-state index contributed by atoms with van der Waals surface area (Å²) in [6, 6.07) is 0. The van der Waals surface area contributed by atoms with Crippen LogP contribution in [-0.2, 0) is 5.75 Å². The first kappa shape index (κ1) is 12.8. The number of rotatable bonds is 5. The van der Waals surface area contributed by atoms with Gasteiger partial charge in [-0.3, -0.25) is 0 Å². The van der Waals surface area contributed by atoms with E-state index in [-0.39, 0.29) is 0 Å². The Morgan fingerprint density at radius 2 is 2.13 bits per heavy atom. The fourth-order valence-corrected chi connectivity index (χ4v) is 1.88. The molecule has 0 aliphatic heterocycles. The number of nitrogens with zero attached hydrogens (tertiary/aromatic N) is 2. The predicted octanol–water partition coefficient (Wildman–Crippen LogP) is 3.23. The molecule has 0 aromatic carbocycles. The molecule has 15 heavy (non-hydrogen) atoms. The third-order valence-electron chi connectivity index (χ3n) is 1.88. The molecule has 1 rings (SSSR count). The van der Waals surface area contributed by atoms with Crippen molar-refractivity contribution in [3.63, 3.8) is 0 Å². The van der Waals surface area contributed by atoms with Gasteiger partial charge in [-0.15, -0.1) is 0 Å². The van der Waals surface area contributed by atoms with Gasteiger partial charge < -0.3 is 5.32 Å². The minimum Gasteiger partial charge on any atom is -0.369 e. The number of aromatic nitrogens is 2. The Bertz CT molecular complexity index is 331. The van der Waals surface area contributed by atoms with Gasteiger partial charge in [0.1, 0.15) is 11.6 Å². The van der Waals surface area contributed by atoms with Gasteiger partial charge in [-0.1, -0.05) is 6.92 Å². The van der Waals surface area contributed by atoms with E-state index < -0.39 is 0 Å². The van der Waals surface area contributed by atoms with Gasteiger partial charge in [-0.25, -0.2) is 9.97 Å². The van der Waals surface area contributed by atoms with Crippen molar-refractivity contribution in [3.8, 4) is 0 Å². The maximum Gasteiger partial charge on any atom is 0.144 e. The second-order valence-electron chi connectivity index (χ2n) is 3.25. The van der Waals surface area contributed by atoms with Gasteiger partial charge in [0.2, 0.25) is 0 Å². The standard InChI is InChI=1S/C10H16BrN3S/c1-4-5-12-10-9(11)7(2)13-8(14-10)6-15-3/h4-6H2,1-3H3,(H,12,13,14). The fourth-order valence-electron chi connectivity index (χ4n) is 1.17. The van der Waals surface area contributed by atoms with E-state index in [0.717, 1.165) is 40.5 Å². The molecule has 3 nitrogen and oxygen atoms in total. The monoisotopic (exact) mass is 289 g/mol. The highest BCUT2D eigenvalue weighted by molar-refractivity contribution is 9.10. The molecule has 0 radical (unpaired) electrons. The van der Waals surface area contributed by atoms with Gasteiger partial charge in [-0.05, 0) is 35.5 Å². The molecular formula is C10H16BrN3S. The molecule has 84 valence electrons. The van der Waals surface area contributed by atoms with Crippen LogP contribution in [0.5, 0.6) is 0 Å². The van der Waals surface area contributed by atoms with E-state index in [4.69, 9.17) is 0 Å². The average Bonchev–Trinajstić information content (AvgIpc) is 2.21. The lowest BCUT2D eigenvalue weighted by Gasteiger charge is -2.09. The van der Waals surface area contributed by atoms with E-state index in [1.54, 1.807) is 11.8 Å². The number of anilines is 1. The minimum atomic E-state index is 0.856. The fraction of sp³-hybridized carbons (Fsp3) is 0.600. The number of hydrogen-bond donors (Lipinski definition) is 1. The first-order valence-electron chi connectivity index (χ1n) is 4.94. The molecule has 0 saturated carbocycles.